The van der Waals surface area contributed by atoms with Crippen molar-refractivity contribution in [2.75, 3.05) is 20.3 Å². The summed E-state index contributed by atoms with van der Waals surface area (Å²) in [5.41, 5.74) is 6.27. The minimum absolute atomic E-state index is 0.0736. The number of nitrogens with two attached hydrogens (primary N) is 1. The van der Waals surface area contributed by atoms with E-state index in [-0.39, 0.29) is 12.6 Å². The molecule has 0 aromatic heterocycles. The van der Waals surface area contributed by atoms with Crippen molar-refractivity contribution in [2.45, 2.75) is 44.6 Å². The monoisotopic (exact) mass is 255 g/mol. The summed E-state index contributed by atoms with van der Waals surface area (Å²) in [6, 6.07) is 0.444. The molecule has 2 aliphatic carbocycles. The van der Waals surface area contributed by atoms with Crippen LogP contribution < -0.4 is 5.73 Å². The van der Waals surface area contributed by atoms with Crippen LogP contribution in [0.1, 0.15) is 38.5 Å². The number of esters is 1. The Bertz CT molecular complexity index is 280. The number of ether oxygens (including phenoxy) is 2. The van der Waals surface area contributed by atoms with E-state index in [0.717, 1.165) is 30.6 Å². The third kappa shape index (κ3) is 3.23. The summed E-state index contributed by atoms with van der Waals surface area (Å²) in [7, 11) is 1.38. The van der Waals surface area contributed by atoms with Gasteiger partial charge in [-0.15, -0.1) is 0 Å². The first kappa shape index (κ1) is 13.8. The summed E-state index contributed by atoms with van der Waals surface area (Å²) < 4.78 is 9.74. The second-order valence-corrected chi connectivity index (χ2v) is 5.70. The molecule has 0 aromatic carbocycles. The Balaban J connectivity index is 1.52. The molecular weight excluding hydrogens is 230 g/mol. The summed E-state index contributed by atoms with van der Waals surface area (Å²) in [5, 5.41) is 0. The molecule has 4 atom stereocenters. The van der Waals surface area contributed by atoms with Crippen molar-refractivity contribution < 1.29 is 14.3 Å². The SMILES string of the molecule is COC(=O)COCCCC[C@H]1[C@H]2CC[C@H](C2)[C@@H]1N. The van der Waals surface area contributed by atoms with Crippen LogP contribution >= 0.6 is 0 Å². The molecule has 0 amide bonds. The lowest BCUT2D eigenvalue weighted by atomic mass is 9.82. The zero-order valence-corrected chi connectivity index (χ0v) is 11.3. The fraction of sp³-hybridized carbons (Fsp3) is 0.929. The molecule has 0 aromatic rings. The summed E-state index contributed by atoms with van der Waals surface area (Å²) in [6.45, 7) is 0.718. The van der Waals surface area contributed by atoms with Gasteiger partial charge < -0.3 is 15.2 Å². The third-order valence-corrected chi connectivity index (χ3v) is 4.68. The number of fused-ring (bicyclic) bond motifs is 2. The minimum atomic E-state index is -0.301. The van der Waals surface area contributed by atoms with Crippen molar-refractivity contribution in [2.24, 2.45) is 23.5 Å². The minimum Gasteiger partial charge on any atom is -0.467 e. The van der Waals surface area contributed by atoms with E-state index in [2.05, 4.69) is 4.74 Å². The number of rotatable bonds is 7. The Morgan fingerprint density at radius 3 is 2.72 bits per heavy atom. The van der Waals surface area contributed by atoms with Crippen LogP contribution in [0.3, 0.4) is 0 Å². The molecule has 2 fully saturated rings. The van der Waals surface area contributed by atoms with Gasteiger partial charge in [-0.1, -0.05) is 6.42 Å². The van der Waals surface area contributed by atoms with Crippen molar-refractivity contribution in [3.63, 3.8) is 0 Å². The topological polar surface area (TPSA) is 61.5 Å². The van der Waals surface area contributed by atoms with Crippen LogP contribution in [0.25, 0.3) is 0 Å². The molecule has 18 heavy (non-hydrogen) atoms. The van der Waals surface area contributed by atoms with Gasteiger partial charge in [0.25, 0.3) is 0 Å². The van der Waals surface area contributed by atoms with Crippen LogP contribution in [0.2, 0.25) is 0 Å². The number of carbonyl (C=O) groups is 1. The number of unbranched alkanes of at least 4 members (excludes halogenated alkanes) is 1. The van der Waals surface area contributed by atoms with Gasteiger partial charge in [-0.2, -0.15) is 0 Å². The van der Waals surface area contributed by atoms with Gasteiger partial charge in [0.05, 0.1) is 7.11 Å². The Morgan fingerprint density at radius 1 is 1.28 bits per heavy atom. The van der Waals surface area contributed by atoms with E-state index in [1.807, 2.05) is 0 Å². The number of methoxy groups -OCH3 is 1. The lowest BCUT2D eigenvalue weighted by Crippen LogP contribution is -2.35. The normalized spacial score (nSPS) is 33.9. The Hall–Kier alpha value is -0.610. The fourth-order valence-electron chi connectivity index (χ4n) is 3.68. The number of hydrogen-bond donors (Lipinski definition) is 1. The average molecular weight is 255 g/mol. The molecule has 2 saturated carbocycles. The molecule has 0 unspecified atom stereocenters. The largest absolute Gasteiger partial charge is 0.467 e. The molecular formula is C14H25NO3. The summed E-state index contributed by atoms with van der Waals surface area (Å²) in [5.74, 6) is 2.13. The third-order valence-electron chi connectivity index (χ3n) is 4.68. The van der Waals surface area contributed by atoms with E-state index < -0.39 is 0 Å². The smallest absolute Gasteiger partial charge is 0.331 e. The van der Waals surface area contributed by atoms with Gasteiger partial charge in [-0.25, -0.2) is 4.79 Å². The second-order valence-electron chi connectivity index (χ2n) is 5.70. The summed E-state index contributed by atoms with van der Waals surface area (Å²) >= 11 is 0. The van der Waals surface area contributed by atoms with Crippen molar-refractivity contribution in [3.8, 4) is 0 Å². The van der Waals surface area contributed by atoms with Gasteiger partial charge in [0.15, 0.2) is 0 Å². The van der Waals surface area contributed by atoms with E-state index in [0.29, 0.717) is 12.6 Å². The molecule has 0 heterocycles. The highest BCUT2D eigenvalue weighted by Gasteiger charge is 2.44. The molecule has 0 saturated heterocycles. The Morgan fingerprint density at radius 2 is 2.06 bits per heavy atom. The van der Waals surface area contributed by atoms with Crippen LogP contribution in [0.15, 0.2) is 0 Å². The maximum atomic E-state index is 10.8. The van der Waals surface area contributed by atoms with Gasteiger partial charge >= 0.3 is 5.97 Å². The van der Waals surface area contributed by atoms with E-state index in [9.17, 15) is 4.79 Å². The molecule has 2 aliphatic rings. The first-order valence-electron chi connectivity index (χ1n) is 7.12. The van der Waals surface area contributed by atoms with Gasteiger partial charge in [-0.3, -0.25) is 0 Å². The van der Waals surface area contributed by atoms with Crippen molar-refractivity contribution >= 4 is 5.97 Å². The van der Waals surface area contributed by atoms with Gasteiger partial charge in [0.2, 0.25) is 0 Å². The standard InChI is InChI=1S/C14H25NO3/c1-17-13(16)9-18-7-3-2-4-12-10-5-6-11(8-10)14(12)15/h10-12,14H,2-9,15H2,1H3/t10-,11+,12-,14-/m0/s1. The molecule has 2 bridgehead atoms. The van der Waals surface area contributed by atoms with Crippen molar-refractivity contribution in [1.29, 1.82) is 0 Å². The highest BCUT2D eigenvalue weighted by molar-refractivity contribution is 5.70. The number of hydrogen-bond acceptors (Lipinski definition) is 4. The lowest BCUT2D eigenvalue weighted by molar-refractivity contribution is -0.145. The Labute approximate surface area is 109 Å². The zero-order chi connectivity index (χ0) is 13.0. The molecule has 4 heteroatoms. The maximum Gasteiger partial charge on any atom is 0.331 e. The van der Waals surface area contributed by atoms with E-state index in [1.165, 1.54) is 32.8 Å². The molecule has 0 spiro atoms. The van der Waals surface area contributed by atoms with Gasteiger partial charge in [0, 0.05) is 12.6 Å². The predicted octanol–water partition coefficient (Wildman–Crippen LogP) is 1.72. The highest BCUT2D eigenvalue weighted by Crippen LogP contribution is 2.49. The molecule has 4 nitrogen and oxygen atoms in total. The Kier molecular flexibility index (Phi) is 5.01. The molecule has 2 N–H and O–H groups in total. The predicted molar refractivity (Wildman–Crippen MR) is 69.0 cm³/mol. The molecule has 104 valence electrons. The van der Waals surface area contributed by atoms with E-state index in [1.54, 1.807) is 0 Å². The van der Waals surface area contributed by atoms with Crippen molar-refractivity contribution in [1.82, 2.24) is 0 Å². The highest BCUT2D eigenvalue weighted by atomic mass is 16.6. The number of carbonyl (C=O) groups excluding carboxylic acids is 1. The maximum absolute atomic E-state index is 10.8. The lowest BCUT2D eigenvalue weighted by Gasteiger charge is -2.28. The van der Waals surface area contributed by atoms with Crippen LogP contribution in [0, 0.1) is 17.8 Å². The summed E-state index contributed by atoms with van der Waals surface area (Å²) in [4.78, 5) is 10.8. The molecule has 0 aliphatic heterocycles. The van der Waals surface area contributed by atoms with Gasteiger partial charge in [0.1, 0.15) is 6.61 Å². The van der Waals surface area contributed by atoms with E-state index in [4.69, 9.17) is 10.5 Å². The average Bonchev–Trinajstić information content (AvgIpc) is 2.95. The van der Waals surface area contributed by atoms with Gasteiger partial charge in [-0.05, 0) is 49.9 Å². The molecule has 0 radical (unpaired) electrons. The van der Waals surface area contributed by atoms with Crippen LogP contribution in [0.4, 0.5) is 0 Å². The summed E-state index contributed by atoms with van der Waals surface area (Å²) in [6.07, 6.45) is 7.50. The molecule has 2 rings (SSSR count). The van der Waals surface area contributed by atoms with Crippen LogP contribution in [0.5, 0.6) is 0 Å². The zero-order valence-electron chi connectivity index (χ0n) is 11.3. The quantitative estimate of drug-likeness (QED) is 0.556. The first-order valence-corrected chi connectivity index (χ1v) is 7.12. The van der Waals surface area contributed by atoms with Crippen LogP contribution in [-0.4, -0.2) is 32.3 Å². The van der Waals surface area contributed by atoms with Crippen LogP contribution in [-0.2, 0) is 14.3 Å². The second kappa shape index (κ2) is 6.53. The van der Waals surface area contributed by atoms with E-state index >= 15 is 0 Å². The van der Waals surface area contributed by atoms with Crippen molar-refractivity contribution in [3.05, 3.63) is 0 Å². The fourth-order valence-corrected chi connectivity index (χ4v) is 3.68. The first-order chi connectivity index (χ1) is 8.72.